The molecule has 1 heterocycles. The number of hydrogen-bond donors (Lipinski definition) is 0. The summed E-state index contributed by atoms with van der Waals surface area (Å²) in [5, 5.41) is 0. The highest BCUT2D eigenvalue weighted by molar-refractivity contribution is 5.88. The van der Waals surface area contributed by atoms with Gasteiger partial charge < -0.3 is 14.2 Å². The lowest BCUT2D eigenvalue weighted by molar-refractivity contribution is -0.0665. The van der Waals surface area contributed by atoms with Crippen LogP contribution in [0.3, 0.4) is 0 Å². The minimum atomic E-state index is -0.339. The van der Waals surface area contributed by atoms with Gasteiger partial charge in [0.2, 0.25) is 5.90 Å². The first-order valence-electron chi connectivity index (χ1n) is 5.11. The summed E-state index contributed by atoms with van der Waals surface area (Å²) >= 11 is 0. The standard InChI is InChI=1S/C11H19NO3/c1-8(2)9-7-15-10(12-9)5-6-11(13-3)14-4/h5-6,8-9,11H,7H2,1-4H3/b6-5+. The Balaban J connectivity index is 2.49. The zero-order valence-electron chi connectivity index (χ0n) is 9.77. The third-order valence-corrected chi connectivity index (χ3v) is 2.33. The van der Waals surface area contributed by atoms with E-state index in [9.17, 15) is 0 Å². The Kier molecular flexibility index (Phi) is 4.78. The molecule has 0 saturated heterocycles. The summed E-state index contributed by atoms with van der Waals surface area (Å²) in [4.78, 5) is 4.42. The summed E-state index contributed by atoms with van der Waals surface area (Å²) < 4.78 is 15.4. The van der Waals surface area contributed by atoms with Crippen LogP contribution in [0.15, 0.2) is 17.1 Å². The van der Waals surface area contributed by atoms with Crippen LogP contribution in [0.25, 0.3) is 0 Å². The lowest BCUT2D eigenvalue weighted by atomic mass is 10.1. The van der Waals surface area contributed by atoms with Crippen LogP contribution >= 0.6 is 0 Å². The Morgan fingerprint density at radius 1 is 1.40 bits per heavy atom. The summed E-state index contributed by atoms with van der Waals surface area (Å²) in [5.74, 6) is 1.17. The number of rotatable bonds is 5. The first kappa shape index (κ1) is 12.2. The molecule has 1 aliphatic heterocycles. The average molecular weight is 213 g/mol. The van der Waals surface area contributed by atoms with Crippen molar-refractivity contribution < 1.29 is 14.2 Å². The first-order valence-corrected chi connectivity index (χ1v) is 5.11. The number of aliphatic imine (C=N–C) groups is 1. The van der Waals surface area contributed by atoms with E-state index in [1.807, 2.05) is 0 Å². The molecule has 0 saturated carbocycles. The molecule has 0 spiro atoms. The van der Waals surface area contributed by atoms with E-state index in [-0.39, 0.29) is 12.3 Å². The normalized spacial score (nSPS) is 21.5. The van der Waals surface area contributed by atoms with E-state index in [1.165, 1.54) is 0 Å². The number of ether oxygens (including phenoxy) is 3. The van der Waals surface area contributed by atoms with Gasteiger partial charge in [-0.2, -0.15) is 0 Å². The van der Waals surface area contributed by atoms with Gasteiger partial charge in [-0.05, 0) is 12.0 Å². The maximum absolute atomic E-state index is 5.42. The molecule has 0 aromatic heterocycles. The molecule has 0 radical (unpaired) electrons. The van der Waals surface area contributed by atoms with Gasteiger partial charge in [0.15, 0.2) is 6.29 Å². The maximum Gasteiger partial charge on any atom is 0.208 e. The molecule has 1 unspecified atom stereocenters. The van der Waals surface area contributed by atoms with Crippen molar-refractivity contribution in [2.45, 2.75) is 26.2 Å². The fraction of sp³-hybridized carbons (Fsp3) is 0.727. The molecule has 0 aliphatic carbocycles. The molecule has 0 amide bonds. The molecule has 0 N–H and O–H groups in total. The lowest BCUT2D eigenvalue weighted by Crippen LogP contribution is -2.13. The maximum atomic E-state index is 5.42. The summed E-state index contributed by atoms with van der Waals surface area (Å²) in [6, 6.07) is 0.271. The quantitative estimate of drug-likeness (QED) is 0.651. The number of methoxy groups -OCH3 is 2. The van der Waals surface area contributed by atoms with Crippen molar-refractivity contribution in [1.82, 2.24) is 0 Å². The van der Waals surface area contributed by atoms with Crippen molar-refractivity contribution in [3.05, 3.63) is 12.2 Å². The van der Waals surface area contributed by atoms with E-state index in [2.05, 4.69) is 18.8 Å². The molecule has 4 heteroatoms. The van der Waals surface area contributed by atoms with Gasteiger partial charge >= 0.3 is 0 Å². The van der Waals surface area contributed by atoms with Gasteiger partial charge in [-0.3, -0.25) is 0 Å². The van der Waals surface area contributed by atoms with Crippen LogP contribution in [-0.2, 0) is 14.2 Å². The second-order valence-electron chi connectivity index (χ2n) is 3.79. The fourth-order valence-corrected chi connectivity index (χ4v) is 1.26. The highest BCUT2D eigenvalue weighted by Gasteiger charge is 2.20. The number of hydrogen-bond acceptors (Lipinski definition) is 4. The zero-order valence-corrected chi connectivity index (χ0v) is 9.77. The van der Waals surface area contributed by atoms with Crippen LogP contribution < -0.4 is 0 Å². The molecule has 15 heavy (non-hydrogen) atoms. The van der Waals surface area contributed by atoms with Crippen molar-refractivity contribution in [2.24, 2.45) is 10.9 Å². The molecule has 0 fully saturated rings. The van der Waals surface area contributed by atoms with Crippen LogP contribution in [0.1, 0.15) is 13.8 Å². The van der Waals surface area contributed by atoms with Gasteiger partial charge in [-0.15, -0.1) is 0 Å². The summed E-state index contributed by atoms with van der Waals surface area (Å²) in [7, 11) is 3.18. The third-order valence-electron chi connectivity index (χ3n) is 2.33. The molecule has 0 aromatic rings. The van der Waals surface area contributed by atoms with E-state index < -0.39 is 0 Å². The predicted octanol–water partition coefficient (Wildman–Crippen LogP) is 1.61. The molecule has 1 rings (SSSR count). The monoisotopic (exact) mass is 213 g/mol. The second kappa shape index (κ2) is 5.88. The SMILES string of the molecule is COC(/C=C/C1=NC(C(C)C)CO1)OC. The van der Waals surface area contributed by atoms with E-state index >= 15 is 0 Å². The topological polar surface area (TPSA) is 40.0 Å². The first-order chi connectivity index (χ1) is 7.17. The van der Waals surface area contributed by atoms with Crippen LogP contribution in [0.2, 0.25) is 0 Å². The van der Waals surface area contributed by atoms with Crippen molar-refractivity contribution >= 4 is 5.90 Å². The molecule has 1 aliphatic rings. The Hall–Kier alpha value is -0.870. The predicted molar refractivity (Wildman–Crippen MR) is 59.0 cm³/mol. The number of nitrogens with zero attached hydrogens (tertiary/aromatic N) is 1. The Labute approximate surface area is 90.9 Å². The summed E-state index contributed by atoms with van der Waals surface area (Å²) in [6.07, 6.45) is 3.23. The van der Waals surface area contributed by atoms with Crippen molar-refractivity contribution in [3.63, 3.8) is 0 Å². The van der Waals surface area contributed by atoms with Crippen molar-refractivity contribution in [2.75, 3.05) is 20.8 Å². The molecular weight excluding hydrogens is 194 g/mol. The van der Waals surface area contributed by atoms with E-state index in [0.717, 1.165) is 0 Å². The summed E-state index contributed by atoms with van der Waals surface area (Å²) in [6.45, 7) is 4.94. The van der Waals surface area contributed by atoms with Crippen LogP contribution in [0.4, 0.5) is 0 Å². The highest BCUT2D eigenvalue weighted by Crippen LogP contribution is 2.14. The minimum absolute atomic E-state index is 0.271. The van der Waals surface area contributed by atoms with Crippen LogP contribution in [0.5, 0.6) is 0 Å². The Bertz CT molecular complexity index is 244. The highest BCUT2D eigenvalue weighted by atomic mass is 16.7. The van der Waals surface area contributed by atoms with E-state index in [4.69, 9.17) is 14.2 Å². The van der Waals surface area contributed by atoms with Crippen molar-refractivity contribution in [3.8, 4) is 0 Å². The molecular formula is C11H19NO3. The third kappa shape index (κ3) is 3.64. The van der Waals surface area contributed by atoms with Crippen LogP contribution in [0, 0.1) is 5.92 Å². The molecule has 86 valence electrons. The summed E-state index contributed by atoms with van der Waals surface area (Å²) in [5.41, 5.74) is 0. The average Bonchev–Trinajstić information content (AvgIpc) is 2.68. The second-order valence-corrected chi connectivity index (χ2v) is 3.79. The van der Waals surface area contributed by atoms with Gasteiger partial charge in [-0.1, -0.05) is 13.8 Å². The van der Waals surface area contributed by atoms with Crippen LogP contribution in [-0.4, -0.2) is 39.1 Å². The van der Waals surface area contributed by atoms with Gasteiger partial charge in [0.05, 0.1) is 6.04 Å². The van der Waals surface area contributed by atoms with E-state index in [0.29, 0.717) is 18.4 Å². The Morgan fingerprint density at radius 3 is 2.53 bits per heavy atom. The van der Waals surface area contributed by atoms with E-state index in [1.54, 1.807) is 26.4 Å². The molecule has 4 nitrogen and oxygen atoms in total. The van der Waals surface area contributed by atoms with Gasteiger partial charge in [-0.25, -0.2) is 4.99 Å². The molecule has 0 bridgehead atoms. The molecule has 1 atom stereocenters. The Morgan fingerprint density at radius 2 is 2.07 bits per heavy atom. The van der Waals surface area contributed by atoms with Crippen molar-refractivity contribution in [1.29, 1.82) is 0 Å². The van der Waals surface area contributed by atoms with Gasteiger partial charge in [0.1, 0.15) is 6.61 Å². The fourth-order valence-electron chi connectivity index (χ4n) is 1.26. The lowest BCUT2D eigenvalue weighted by Gasteiger charge is -2.06. The largest absolute Gasteiger partial charge is 0.476 e. The van der Waals surface area contributed by atoms with Gasteiger partial charge in [0.25, 0.3) is 0 Å². The van der Waals surface area contributed by atoms with Gasteiger partial charge in [0, 0.05) is 20.3 Å². The zero-order chi connectivity index (χ0) is 11.3. The smallest absolute Gasteiger partial charge is 0.208 e. The molecule has 0 aromatic carbocycles. The minimum Gasteiger partial charge on any atom is -0.476 e.